The molecular formula is C19H24BrN. The van der Waals surface area contributed by atoms with E-state index in [0.29, 0.717) is 0 Å². The van der Waals surface area contributed by atoms with Crippen molar-refractivity contribution in [3.8, 4) is 0 Å². The van der Waals surface area contributed by atoms with Crippen LogP contribution in [-0.4, -0.2) is 7.05 Å². The Morgan fingerprint density at radius 3 is 2.00 bits per heavy atom. The minimum Gasteiger partial charge on any atom is -0.309 e. The van der Waals surface area contributed by atoms with Crippen LogP contribution in [0.1, 0.15) is 45.0 Å². The van der Waals surface area contributed by atoms with Gasteiger partial charge >= 0.3 is 0 Å². The molecule has 0 aliphatic carbocycles. The van der Waals surface area contributed by atoms with Gasteiger partial charge in [-0.25, -0.2) is 0 Å². The predicted molar refractivity (Wildman–Crippen MR) is 95.2 cm³/mol. The number of benzene rings is 2. The molecule has 1 atom stereocenters. The summed E-state index contributed by atoms with van der Waals surface area (Å²) in [5, 5.41) is 3.51. The van der Waals surface area contributed by atoms with Crippen LogP contribution >= 0.6 is 15.9 Å². The Labute approximate surface area is 136 Å². The first-order chi connectivity index (χ1) is 9.88. The molecule has 0 aliphatic heterocycles. The van der Waals surface area contributed by atoms with Gasteiger partial charge in [0.2, 0.25) is 0 Å². The molecule has 0 amide bonds. The fourth-order valence-corrected chi connectivity index (χ4v) is 3.52. The minimum atomic E-state index is 0.206. The van der Waals surface area contributed by atoms with Crippen LogP contribution < -0.4 is 5.32 Å². The van der Waals surface area contributed by atoms with Gasteiger partial charge in [-0.1, -0.05) is 40.2 Å². The van der Waals surface area contributed by atoms with E-state index in [1.807, 2.05) is 7.05 Å². The van der Waals surface area contributed by atoms with E-state index < -0.39 is 0 Å². The van der Waals surface area contributed by atoms with Gasteiger partial charge in [0.25, 0.3) is 0 Å². The molecule has 2 rings (SSSR count). The normalized spacial score (nSPS) is 12.5. The van der Waals surface area contributed by atoms with Crippen molar-refractivity contribution >= 4 is 15.9 Å². The van der Waals surface area contributed by atoms with Crippen LogP contribution in [-0.2, 0) is 0 Å². The maximum absolute atomic E-state index is 3.77. The topological polar surface area (TPSA) is 12.0 Å². The van der Waals surface area contributed by atoms with Crippen LogP contribution in [0.4, 0.5) is 0 Å². The van der Waals surface area contributed by atoms with Crippen LogP contribution in [0.3, 0.4) is 0 Å². The zero-order chi connectivity index (χ0) is 15.7. The monoisotopic (exact) mass is 345 g/mol. The van der Waals surface area contributed by atoms with Crippen molar-refractivity contribution in [2.75, 3.05) is 7.05 Å². The lowest BCUT2D eigenvalue weighted by atomic mass is 9.86. The van der Waals surface area contributed by atoms with Crippen LogP contribution in [0, 0.1) is 34.6 Å². The highest BCUT2D eigenvalue weighted by atomic mass is 79.9. The summed E-state index contributed by atoms with van der Waals surface area (Å²) in [7, 11) is 2.04. The van der Waals surface area contributed by atoms with Gasteiger partial charge in [0.15, 0.2) is 0 Å². The van der Waals surface area contributed by atoms with E-state index in [9.17, 15) is 0 Å². The first kappa shape index (κ1) is 16.3. The number of aryl methyl sites for hydroxylation is 3. The Bertz CT molecular complexity index is 648. The Balaban J connectivity index is 2.71. The van der Waals surface area contributed by atoms with E-state index in [1.54, 1.807) is 0 Å². The van der Waals surface area contributed by atoms with Crippen molar-refractivity contribution in [3.05, 3.63) is 67.7 Å². The summed E-state index contributed by atoms with van der Waals surface area (Å²) in [6.45, 7) is 11.0. The smallest absolute Gasteiger partial charge is 0.0590 e. The van der Waals surface area contributed by atoms with Crippen LogP contribution in [0.25, 0.3) is 0 Å². The van der Waals surface area contributed by atoms with Gasteiger partial charge in [-0.3, -0.25) is 0 Å². The minimum absolute atomic E-state index is 0.206. The van der Waals surface area contributed by atoms with Crippen molar-refractivity contribution in [2.24, 2.45) is 0 Å². The van der Waals surface area contributed by atoms with E-state index in [0.717, 1.165) is 0 Å². The molecule has 0 aliphatic rings. The molecule has 0 fully saturated rings. The zero-order valence-electron chi connectivity index (χ0n) is 13.8. The summed E-state index contributed by atoms with van der Waals surface area (Å²) in [6, 6.07) is 8.97. The van der Waals surface area contributed by atoms with E-state index in [1.165, 1.54) is 43.4 Å². The molecule has 0 heterocycles. The van der Waals surface area contributed by atoms with Crippen molar-refractivity contribution < 1.29 is 0 Å². The van der Waals surface area contributed by atoms with E-state index >= 15 is 0 Å². The maximum atomic E-state index is 3.77. The number of halogens is 1. The molecule has 1 N–H and O–H groups in total. The van der Waals surface area contributed by atoms with Gasteiger partial charge in [0, 0.05) is 4.47 Å². The fourth-order valence-electron chi connectivity index (χ4n) is 3.03. The van der Waals surface area contributed by atoms with E-state index in [2.05, 4.69) is 80.1 Å². The van der Waals surface area contributed by atoms with Crippen molar-refractivity contribution in [1.82, 2.24) is 5.32 Å². The largest absolute Gasteiger partial charge is 0.309 e. The average Bonchev–Trinajstić information content (AvgIpc) is 2.45. The molecule has 0 saturated heterocycles. The Hall–Kier alpha value is -1.12. The molecule has 112 valence electrons. The second-order valence-corrected chi connectivity index (χ2v) is 6.67. The van der Waals surface area contributed by atoms with Gasteiger partial charge in [-0.05, 0) is 80.6 Å². The summed E-state index contributed by atoms with van der Waals surface area (Å²) in [6.07, 6.45) is 0. The van der Waals surface area contributed by atoms with Crippen molar-refractivity contribution in [3.63, 3.8) is 0 Å². The SMILES string of the molecule is CNC(c1cccc(C)c1Br)c1c(C)c(C)cc(C)c1C. The number of nitrogens with one attached hydrogen (secondary N) is 1. The number of hydrogen-bond donors (Lipinski definition) is 1. The van der Waals surface area contributed by atoms with Crippen LogP contribution in [0.5, 0.6) is 0 Å². The Morgan fingerprint density at radius 1 is 0.905 bits per heavy atom. The average molecular weight is 346 g/mol. The highest BCUT2D eigenvalue weighted by molar-refractivity contribution is 9.10. The highest BCUT2D eigenvalue weighted by Crippen LogP contribution is 2.35. The van der Waals surface area contributed by atoms with Crippen LogP contribution in [0.15, 0.2) is 28.7 Å². The maximum Gasteiger partial charge on any atom is 0.0590 e. The van der Waals surface area contributed by atoms with Gasteiger partial charge in [-0.2, -0.15) is 0 Å². The molecule has 0 radical (unpaired) electrons. The van der Waals surface area contributed by atoms with Crippen molar-refractivity contribution in [1.29, 1.82) is 0 Å². The summed E-state index contributed by atoms with van der Waals surface area (Å²) in [4.78, 5) is 0. The Kier molecular flexibility index (Phi) is 4.90. The molecule has 1 nitrogen and oxygen atoms in total. The Morgan fingerprint density at radius 2 is 1.48 bits per heavy atom. The number of hydrogen-bond acceptors (Lipinski definition) is 1. The molecular weight excluding hydrogens is 322 g/mol. The standard InChI is InChI=1S/C19H24BrN/c1-11-8-7-9-16(18(11)20)19(21-6)17-14(4)12(2)10-13(3)15(17)5/h7-10,19,21H,1-6H3. The predicted octanol–water partition coefficient (Wildman–Crippen LogP) is 5.30. The molecule has 21 heavy (non-hydrogen) atoms. The molecule has 0 aromatic heterocycles. The molecule has 2 aromatic rings. The number of rotatable bonds is 3. The molecule has 1 unspecified atom stereocenters. The molecule has 0 saturated carbocycles. The zero-order valence-corrected chi connectivity index (χ0v) is 15.4. The summed E-state index contributed by atoms with van der Waals surface area (Å²) >= 11 is 3.77. The van der Waals surface area contributed by atoms with Crippen LogP contribution in [0.2, 0.25) is 0 Å². The van der Waals surface area contributed by atoms with Crippen molar-refractivity contribution in [2.45, 2.75) is 40.7 Å². The molecule has 0 spiro atoms. The first-order valence-electron chi connectivity index (χ1n) is 7.38. The summed E-state index contributed by atoms with van der Waals surface area (Å²) in [5.74, 6) is 0. The third kappa shape index (κ3) is 2.93. The molecule has 2 aromatic carbocycles. The quantitative estimate of drug-likeness (QED) is 0.795. The lowest BCUT2D eigenvalue weighted by Crippen LogP contribution is -2.21. The lowest BCUT2D eigenvalue weighted by molar-refractivity contribution is 0.678. The van der Waals surface area contributed by atoms with Gasteiger partial charge in [0.1, 0.15) is 0 Å². The summed E-state index contributed by atoms with van der Waals surface area (Å²) in [5.41, 5.74) is 9.45. The second kappa shape index (κ2) is 6.33. The lowest BCUT2D eigenvalue weighted by Gasteiger charge is -2.25. The highest BCUT2D eigenvalue weighted by Gasteiger charge is 2.21. The van der Waals surface area contributed by atoms with Gasteiger partial charge < -0.3 is 5.32 Å². The van der Waals surface area contributed by atoms with Gasteiger partial charge in [0.05, 0.1) is 6.04 Å². The molecule has 0 bridgehead atoms. The van der Waals surface area contributed by atoms with E-state index in [4.69, 9.17) is 0 Å². The third-order valence-electron chi connectivity index (χ3n) is 4.53. The summed E-state index contributed by atoms with van der Waals surface area (Å²) < 4.78 is 1.20. The van der Waals surface area contributed by atoms with Gasteiger partial charge in [-0.15, -0.1) is 0 Å². The fraction of sp³-hybridized carbons (Fsp3) is 0.368. The van der Waals surface area contributed by atoms with E-state index in [-0.39, 0.29) is 6.04 Å². The third-order valence-corrected chi connectivity index (χ3v) is 5.62. The molecule has 2 heteroatoms. The second-order valence-electron chi connectivity index (χ2n) is 5.87. The first-order valence-corrected chi connectivity index (χ1v) is 8.17.